The molecule has 1 aromatic rings. The Labute approximate surface area is 108 Å². The van der Waals surface area contributed by atoms with E-state index in [1.165, 1.54) is 0 Å². The Morgan fingerprint density at radius 3 is 2.50 bits per heavy atom. The van der Waals surface area contributed by atoms with Crippen LogP contribution in [0.2, 0.25) is 0 Å². The van der Waals surface area contributed by atoms with Gasteiger partial charge in [-0.25, -0.2) is 0 Å². The summed E-state index contributed by atoms with van der Waals surface area (Å²) in [6.07, 6.45) is 1.67. The Hall–Kier alpha value is -1.55. The van der Waals surface area contributed by atoms with Crippen molar-refractivity contribution in [3.63, 3.8) is 0 Å². The fraction of sp³-hybridized carbons (Fsp3) is 0.500. The zero-order valence-corrected chi connectivity index (χ0v) is 11.2. The highest BCUT2D eigenvalue weighted by atomic mass is 16.5. The largest absolute Gasteiger partial charge is 0.491 e. The van der Waals surface area contributed by atoms with E-state index in [2.05, 4.69) is 5.16 Å². The van der Waals surface area contributed by atoms with Crippen molar-refractivity contribution < 1.29 is 14.7 Å². The Bertz CT molecular complexity index is 373. The van der Waals surface area contributed by atoms with E-state index in [1.54, 1.807) is 7.11 Å². The van der Waals surface area contributed by atoms with Crippen molar-refractivity contribution in [2.24, 2.45) is 5.16 Å². The number of hydrogen-bond donors (Lipinski definition) is 1. The quantitative estimate of drug-likeness (QED) is 0.460. The lowest BCUT2D eigenvalue weighted by Gasteiger charge is -2.14. The molecule has 4 nitrogen and oxygen atoms in total. The van der Waals surface area contributed by atoms with E-state index in [0.717, 1.165) is 17.7 Å². The molecule has 0 fully saturated rings. The van der Waals surface area contributed by atoms with Crippen molar-refractivity contribution >= 4 is 5.71 Å². The Morgan fingerprint density at radius 1 is 1.33 bits per heavy atom. The average molecular weight is 251 g/mol. The number of nitrogens with zero attached hydrogens (tertiary/aromatic N) is 1. The summed E-state index contributed by atoms with van der Waals surface area (Å²) >= 11 is 0. The van der Waals surface area contributed by atoms with Crippen molar-refractivity contribution in [2.75, 3.05) is 13.7 Å². The van der Waals surface area contributed by atoms with Gasteiger partial charge in [0.2, 0.25) is 0 Å². The van der Waals surface area contributed by atoms with E-state index in [4.69, 9.17) is 14.7 Å². The lowest BCUT2D eigenvalue weighted by atomic mass is 10.1. The molecule has 0 spiro atoms. The molecule has 0 aromatic heterocycles. The molecule has 0 bridgehead atoms. The average Bonchev–Trinajstić information content (AvgIpc) is 2.40. The number of methoxy groups -OCH3 is 1. The molecule has 0 aliphatic carbocycles. The molecule has 0 aliphatic rings. The normalized spacial score (nSPS) is 13.4. The Balaban J connectivity index is 2.60. The van der Waals surface area contributed by atoms with Crippen LogP contribution in [-0.2, 0) is 4.74 Å². The molecule has 0 saturated carbocycles. The van der Waals surface area contributed by atoms with Gasteiger partial charge in [-0.05, 0) is 43.2 Å². The van der Waals surface area contributed by atoms with Crippen LogP contribution in [0.15, 0.2) is 29.4 Å². The molecule has 1 N–H and O–H groups in total. The first-order valence-corrected chi connectivity index (χ1v) is 6.18. The third kappa shape index (κ3) is 4.37. The smallest absolute Gasteiger partial charge is 0.119 e. The molecule has 0 saturated heterocycles. The summed E-state index contributed by atoms with van der Waals surface area (Å²) in [6, 6.07) is 7.58. The monoisotopic (exact) mass is 251 g/mol. The fourth-order valence-corrected chi connectivity index (χ4v) is 1.63. The van der Waals surface area contributed by atoms with Gasteiger partial charge in [0.05, 0.1) is 11.8 Å². The number of hydrogen-bond acceptors (Lipinski definition) is 4. The van der Waals surface area contributed by atoms with Gasteiger partial charge in [0.15, 0.2) is 0 Å². The standard InChI is InChI=1S/C14H21NO3/c1-4-14(15-16)12-5-7-13(8-6-12)18-11(2)9-10-17-3/h5-8,11,16H,4,9-10H2,1-3H3/b15-14-. The van der Waals surface area contributed by atoms with Gasteiger partial charge in [-0.3, -0.25) is 0 Å². The molecule has 0 radical (unpaired) electrons. The maximum Gasteiger partial charge on any atom is 0.119 e. The number of rotatable bonds is 7. The Kier molecular flexibility index (Phi) is 6.22. The molecule has 100 valence electrons. The van der Waals surface area contributed by atoms with Crippen molar-refractivity contribution in [3.05, 3.63) is 29.8 Å². The second kappa shape index (κ2) is 7.71. The van der Waals surface area contributed by atoms with Crippen LogP contribution in [0.25, 0.3) is 0 Å². The molecule has 1 rings (SSSR count). The SMILES string of the molecule is CC/C(=N/O)c1ccc(OC(C)CCOC)cc1. The minimum Gasteiger partial charge on any atom is -0.491 e. The molecule has 18 heavy (non-hydrogen) atoms. The third-order valence-electron chi connectivity index (χ3n) is 2.71. The summed E-state index contributed by atoms with van der Waals surface area (Å²) in [4.78, 5) is 0. The van der Waals surface area contributed by atoms with E-state index in [-0.39, 0.29) is 6.10 Å². The number of oxime groups is 1. The summed E-state index contributed by atoms with van der Waals surface area (Å²) in [6.45, 7) is 4.66. The number of ether oxygens (including phenoxy) is 2. The molecule has 0 amide bonds. The topological polar surface area (TPSA) is 51.1 Å². The lowest BCUT2D eigenvalue weighted by Crippen LogP contribution is -2.14. The van der Waals surface area contributed by atoms with Crippen LogP contribution in [0, 0.1) is 0 Å². The summed E-state index contributed by atoms with van der Waals surface area (Å²) in [5, 5.41) is 12.1. The van der Waals surface area contributed by atoms with Gasteiger partial charge in [0, 0.05) is 20.1 Å². The van der Waals surface area contributed by atoms with E-state index < -0.39 is 0 Å². The fourth-order valence-electron chi connectivity index (χ4n) is 1.63. The van der Waals surface area contributed by atoms with Gasteiger partial charge in [0.25, 0.3) is 0 Å². The van der Waals surface area contributed by atoms with Gasteiger partial charge in [-0.2, -0.15) is 0 Å². The zero-order chi connectivity index (χ0) is 13.4. The third-order valence-corrected chi connectivity index (χ3v) is 2.71. The van der Waals surface area contributed by atoms with Crippen LogP contribution in [0.1, 0.15) is 32.3 Å². The maximum atomic E-state index is 8.83. The van der Waals surface area contributed by atoms with Crippen LogP contribution in [0.4, 0.5) is 0 Å². The van der Waals surface area contributed by atoms with E-state index in [0.29, 0.717) is 18.7 Å². The Morgan fingerprint density at radius 2 is 2.00 bits per heavy atom. The van der Waals surface area contributed by atoms with Crippen LogP contribution >= 0.6 is 0 Å². The predicted molar refractivity (Wildman–Crippen MR) is 71.6 cm³/mol. The minimum absolute atomic E-state index is 0.118. The van der Waals surface area contributed by atoms with Gasteiger partial charge in [-0.1, -0.05) is 12.1 Å². The van der Waals surface area contributed by atoms with Crippen molar-refractivity contribution in [3.8, 4) is 5.75 Å². The minimum atomic E-state index is 0.118. The highest BCUT2D eigenvalue weighted by molar-refractivity contribution is 6.00. The zero-order valence-electron chi connectivity index (χ0n) is 11.2. The van der Waals surface area contributed by atoms with Crippen molar-refractivity contribution in [1.29, 1.82) is 0 Å². The van der Waals surface area contributed by atoms with Crippen LogP contribution in [0.3, 0.4) is 0 Å². The van der Waals surface area contributed by atoms with Gasteiger partial charge < -0.3 is 14.7 Å². The molecular weight excluding hydrogens is 230 g/mol. The first-order valence-electron chi connectivity index (χ1n) is 6.18. The van der Waals surface area contributed by atoms with Gasteiger partial charge in [-0.15, -0.1) is 0 Å². The molecular formula is C14H21NO3. The van der Waals surface area contributed by atoms with Crippen LogP contribution in [-0.4, -0.2) is 30.7 Å². The van der Waals surface area contributed by atoms with E-state index in [1.807, 2.05) is 38.1 Å². The van der Waals surface area contributed by atoms with E-state index >= 15 is 0 Å². The molecule has 0 heterocycles. The van der Waals surface area contributed by atoms with Gasteiger partial charge >= 0.3 is 0 Å². The second-order valence-electron chi connectivity index (χ2n) is 4.13. The first-order chi connectivity index (χ1) is 8.71. The summed E-state index contributed by atoms with van der Waals surface area (Å²) in [5.74, 6) is 0.816. The van der Waals surface area contributed by atoms with E-state index in [9.17, 15) is 0 Å². The summed E-state index contributed by atoms with van der Waals surface area (Å²) < 4.78 is 10.7. The van der Waals surface area contributed by atoms with Gasteiger partial charge in [0.1, 0.15) is 5.75 Å². The molecule has 1 atom stereocenters. The maximum absolute atomic E-state index is 8.83. The first kappa shape index (κ1) is 14.5. The van der Waals surface area contributed by atoms with Crippen molar-refractivity contribution in [1.82, 2.24) is 0 Å². The molecule has 1 unspecified atom stereocenters. The van der Waals surface area contributed by atoms with Crippen LogP contribution in [0.5, 0.6) is 5.75 Å². The summed E-state index contributed by atoms with van der Waals surface area (Å²) in [7, 11) is 1.68. The molecule has 4 heteroatoms. The predicted octanol–water partition coefficient (Wildman–Crippen LogP) is 3.08. The highest BCUT2D eigenvalue weighted by Crippen LogP contribution is 2.16. The lowest BCUT2D eigenvalue weighted by molar-refractivity contribution is 0.135. The highest BCUT2D eigenvalue weighted by Gasteiger charge is 2.05. The molecule has 1 aromatic carbocycles. The number of benzene rings is 1. The summed E-state index contributed by atoms with van der Waals surface area (Å²) in [5.41, 5.74) is 1.59. The second-order valence-corrected chi connectivity index (χ2v) is 4.13. The molecule has 0 aliphatic heterocycles. The van der Waals surface area contributed by atoms with Crippen molar-refractivity contribution in [2.45, 2.75) is 32.8 Å². The van der Waals surface area contributed by atoms with Crippen LogP contribution < -0.4 is 4.74 Å².